The summed E-state index contributed by atoms with van der Waals surface area (Å²) in [4.78, 5) is 12.1. The van der Waals surface area contributed by atoms with Gasteiger partial charge in [0.15, 0.2) is 10.1 Å². The first-order valence-electron chi connectivity index (χ1n) is 6.39. The van der Waals surface area contributed by atoms with E-state index in [4.69, 9.17) is 23.2 Å². The van der Waals surface area contributed by atoms with Crippen LogP contribution in [0.3, 0.4) is 0 Å². The Bertz CT molecular complexity index is 670. The highest BCUT2D eigenvalue weighted by molar-refractivity contribution is 8.01. The standard InChI is InChI=1S/C14H12Cl2N2OS2/c1-8-17-18-13(21-8)20-7-12(19)10-4-2-9(3-5-10)11-6-14(11,15)16/h2-5,11H,6-7H2,1H3/t11-/m0/s1. The number of thioether (sulfide) groups is 1. The Morgan fingerprint density at radius 2 is 2.05 bits per heavy atom. The summed E-state index contributed by atoms with van der Waals surface area (Å²) >= 11 is 15.0. The highest BCUT2D eigenvalue weighted by Gasteiger charge is 2.52. The number of halogens is 2. The van der Waals surface area contributed by atoms with Crippen molar-refractivity contribution in [3.8, 4) is 0 Å². The van der Waals surface area contributed by atoms with Gasteiger partial charge >= 0.3 is 0 Å². The Kier molecular flexibility index (Phi) is 4.28. The summed E-state index contributed by atoms with van der Waals surface area (Å²) in [6, 6.07) is 7.55. The predicted octanol–water partition coefficient (Wildman–Crippen LogP) is 4.48. The van der Waals surface area contributed by atoms with Crippen LogP contribution in [0.4, 0.5) is 0 Å². The molecule has 21 heavy (non-hydrogen) atoms. The second-order valence-electron chi connectivity index (χ2n) is 4.94. The quantitative estimate of drug-likeness (QED) is 0.448. The fourth-order valence-corrected chi connectivity index (χ4v) is 4.29. The molecule has 1 aliphatic carbocycles. The second-order valence-corrected chi connectivity index (χ2v) is 8.89. The van der Waals surface area contributed by atoms with Crippen LogP contribution in [0, 0.1) is 6.92 Å². The third-order valence-electron chi connectivity index (χ3n) is 3.30. The van der Waals surface area contributed by atoms with Crippen molar-refractivity contribution in [1.29, 1.82) is 0 Å². The van der Waals surface area contributed by atoms with Crippen molar-refractivity contribution in [3.05, 3.63) is 40.4 Å². The molecule has 1 saturated carbocycles. The number of rotatable bonds is 5. The Morgan fingerprint density at radius 1 is 1.38 bits per heavy atom. The van der Waals surface area contributed by atoms with Gasteiger partial charge in [-0.2, -0.15) is 0 Å². The molecule has 7 heteroatoms. The fraction of sp³-hybridized carbons (Fsp3) is 0.357. The molecule has 0 unspecified atom stereocenters. The Labute approximate surface area is 141 Å². The van der Waals surface area contributed by atoms with Gasteiger partial charge in [-0.1, -0.05) is 47.4 Å². The summed E-state index contributed by atoms with van der Waals surface area (Å²) in [6.07, 6.45) is 0.773. The summed E-state index contributed by atoms with van der Waals surface area (Å²) in [5.74, 6) is 0.633. The van der Waals surface area contributed by atoms with E-state index in [2.05, 4.69) is 10.2 Å². The monoisotopic (exact) mass is 358 g/mol. The topological polar surface area (TPSA) is 42.9 Å². The molecule has 1 aromatic carbocycles. The average Bonchev–Trinajstić information content (AvgIpc) is 2.90. The molecule has 0 radical (unpaired) electrons. The molecule has 1 atom stereocenters. The van der Waals surface area contributed by atoms with E-state index in [1.807, 2.05) is 31.2 Å². The summed E-state index contributed by atoms with van der Waals surface area (Å²) in [5.41, 5.74) is 1.78. The van der Waals surface area contributed by atoms with Crippen LogP contribution in [0.15, 0.2) is 28.6 Å². The Morgan fingerprint density at radius 3 is 2.57 bits per heavy atom. The molecule has 3 rings (SSSR count). The number of benzene rings is 1. The van der Waals surface area contributed by atoms with Crippen molar-refractivity contribution in [3.63, 3.8) is 0 Å². The van der Waals surface area contributed by atoms with E-state index in [0.717, 1.165) is 21.3 Å². The lowest BCUT2D eigenvalue weighted by atomic mass is 10.1. The number of hydrogen-bond donors (Lipinski definition) is 0. The number of nitrogens with zero attached hydrogens (tertiary/aromatic N) is 2. The zero-order valence-corrected chi connectivity index (χ0v) is 14.3. The van der Waals surface area contributed by atoms with Gasteiger partial charge in [-0.05, 0) is 18.9 Å². The third-order valence-corrected chi connectivity index (χ3v) is 6.10. The first kappa shape index (κ1) is 15.3. The van der Waals surface area contributed by atoms with Gasteiger partial charge in [0.2, 0.25) is 0 Å². The number of aryl methyl sites for hydroxylation is 1. The van der Waals surface area contributed by atoms with Gasteiger partial charge in [-0.15, -0.1) is 33.4 Å². The summed E-state index contributed by atoms with van der Waals surface area (Å²) in [7, 11) is 0. The van der Waals surface area contributed by atoms with E-state index < -0.39 is 4.33 Å². The minimum absolute atomic E-state index is 0.0817. The van der Waals surface area contributed by atoms with Crippen molar-refractivity contribution in [2.75, 3.05) is 5.75 Å². The Balaban J connectivity index is 1.60. The van der Waals surface area contributed by atoms with Crippen LogP contribution >= 0.6 is 46.3 Å². The van der Waals surface area contributed by atoms with E-state index in [1.54, 1.807) is 0 Å². The molecule has 0 saturated heterocycles. The molecule has 0 N–H and O–H groups in total. The normalized spacial score (nSPS) is 19.5. The number of carbonyl (C=O) groups excluding carboxylic acids is 1. The lowest BCUT2D eigenvalue weighted by Crippen LogP contribution is -2.02. The largest absolute Gasteiger partial charge is 0.293 e. The third kappa shape index (κ3) is 3.59. The molecule has 1 heterocycles. The highest BCUT2D eigenvalue weighted by atomic mass is 35.5. The highest BCUT2D eigenvalue weighted by Crippen LogP contribution is 2.59. The fourth-order valence-electron chi connectivity index (χ4n) is 2.02. The van der Waals surface area contributed by atoms with Gasteiger partial charge in [0.25, 0.3) is 0 Å². The molecular formula is C14H12Cl2N2OS2. The zero-order chi connectivity index (χ0) is 15.0. The van der Waals surface area contributed by atoms with E-state index in [-0.39, 0.29) is 11.7 Å². The maximum absolute atomic E-state index is 12.1. The van der Waals surface area contributed by atoms with Gasteiger partial charge in [0, 0.05) is 11.5 Å². The van der Waals surface area contributed by atoms with E-state index in [0.29, 0.717) is 11.3 Å². The maximum atomic E-state index is 12.1. The van der Waals surface area contributed by atoms with Crippen molar-refractivity contribution in [1.82, 2.24) is 10.2 Å². The van der Waals surface area contributed by atoms with Gasteiger partial charge in [0.1, 0.15) is 9.34 Å². The lowest BCUT2D eigenvalue weighted by Gasteiger charge is -2.03. The molecule has 1 fully saturated rings. The average molecular weight is 359 g/mol. The van der Waals surface area contributed by atoms with Gasteiger partial charge < -0.3 is 0 Å². The van der Waals surface area contributed by atoms with Crippen LogP contribution in [0.25, 0.3) is 0 Å². The number of Topliss-reactive ketones (excluding diaryl/α,β-unsaturated/α-hetero) is 1. The smallest absolute Gasteiger partial charge is 0.174 e. The van der Waals surface area contributed by atoms with Crippen LogP contribution < -0.4 is 0 Å². The SMILES string of the molecule is Cc1nnc(SCC(=O)c2ccc([C@@H]3CC3(Cl)Cl)cc2)s1. The van der Waals surface area contributed by atoms with Crippen LogP contribution in [-0.2, 0) is 0 Å². The molecule has 0 aliphatic heterocycles. The molecule has 1 aliphatic rings. The molecule has 0 bridgehead atoms. The molecule has 110 valence electrons. The minimum atomic E-state index is -0.628. The number of ketones is 1. The number of hydrogen-bond acceptors (Lipinski definition) is 5. The Hall–Kier alpha value is -0.620. The van der Waals surface area contributed by atoms with Crippen molar-refractivity contribution >= 4 is 52.1 Å². The lowest BCUT2D eigenvalue weighted by molar-refractivity contribution is 0.102. The van der Waals surface area contributed by atoms with Gasteiger partial charge in [-0.3, -0.25) is 4.79 Å². The van der Waals surface area contributed by atoms with Crippen LogP contribution in [0.1, 0.15) is 33.3 Å². The van der Waals surface area contributed by atoms with Crippen LogP contribution in [-0.4, -0.2) is 26.1 Å². The van der Waals surface area contributed by atoms with Crippen LogP contribution in [0.2, 0.25) is 0 Å². The van der Waals surface area contributed by atoms with Crippen molar-refractivity contribution in [2.24, 2.45) is 0 Å². The number of aromatic nitrogens is 2. The minimum Gasteiger partial charge on any atom is -0.293 e. The molecular weight excluding hydrogens is 347 g/mol. The van der Waals surface area contributed by atoms with Crippen molar-refractivity contribution in [2.45, 2.75) is 27.9 Å². The number of alkyl halides is 2. The number of carbonyl (C=O) groups is 1. The predicted molar refractivity (Wildman–Crippen MR) is 87.9 cm³/mol. The molecule has 2 aromatic rings. The second kappa shape index (κ2) is 5.88. The van der Waals surface area contributed by atoms with E-state index in [1.165, 1.54) is 23.1 Å². The maximum Gasteiger partial charge on any atom is 0.174 e. The molecule has 0 spiro atoms. The first-order chi connectivity index (χ1) is 9.95. The van der Waals surface area contributed by atoms with Crippen molar-refractivity contribution < 1.29 is 4.79 Å². The first-order valence-corrected chi connectivity index (χ1v) is 8.95. The van der Waals surface area contributed by atoms with Gasteiger partial charge in [0.05, 0.1) is 5.75 Å². The summed E-state index contributed by atoms with van der Waals surface area (Å²) in [6.45, 7) is 1.90. The van der Waals surface area contributed by atoms with E-state index in [9.17, 15) is 4.79 Å². The van der Waals surface area contributed by atoms with Crippen LogP contribution in [0.5, 0.6) is 0 Å². The molecule has 3 nitrogen and oxygen atoms in total. The molecule has 0 amide bonds. The van der Waals surface area contributed by atoms with Gasteiger partial charge in [-0.25, -0.2) is 0 Å². The van der Waals surface area contributed by atoms with E-state index >= 15 is 0 Å². The summed E-state index contributed by atoms with van der Waals surface area (Å²) in [5, 5.41) is 8.83. The zero-order valence-electron chi connectivity index (χ0n) is 11.2. The molecule has 1 aromatic heterocycles. The summed E-state index contributed by atoms with van der Waals surface area (Å²) < 4.78 is 0.196.